The van der Waals surface area contributed by atoms with Gasteiger partial charge in [-0.3, -0.25) is 0 Å². The first kappa shape index (κ1) is 35.9. The third-order valence-corrected chi connectivity index (χ3v) is 9.93. The molecule has 4 rings (SSSR count). The molecule has 2 aromatic carbocycles. The molecule has 7 nitrogen and oxygen atoms in total. The number of piperidine rings is 1. The smallest absolute Gasteiger partial charge is 0.406 e. The number of likely N-dealkylation sites (tertiary alicyclic amines) is 1. The topological polar surface area (TPSA) is 65.0 Å². The molecule has 0 amide bonds. The first-order valence-electron chi connectivity index (χ1n) is 15.9. The van der Waals surface area contributed by atoms with Gasteiger partial charge in [-0.1, -0.05) is 25.0 Å². The molecule has 252 valence electrons. The van der Waals surface area contributed by atoms with Crippen molar-refractivity contribution >= 4 is 29.0 Å². The van der Waals surface area contributed by atoms with Gasteiger partial charge in [0, 0.05) is 41.1 Å². The van der Waals surface area contributed by atoms with Crippen LogP contribution in [0.25, 0.3) is 10.9 Å². The van der Waals surface area contributed by atoms with Crippen LogP contribution in [0.5, 0.6) is 5.75 Å². The number of ether oxygens (including phenoxy) is 3. The van der Waals surface area contributed by atoms with Crippen molar-refractivity contribution in [2.45, 2.75) is 39.4 Å². The zero-order chi connectivity index (χ0) is 33.3. The largest absolute Gasteiger partial charge is 0.491 e. The summed E-state index contributed by atoms with van der Waals surface area (Å²) in [5.41, 5.74) is 2.34. The molecule has 1 fully saturated rings. The SMILES string of the molecule is Cc1cccc2c1cc(C#CCNc1cc(OCCOCCOCC[C@H]3CN(C)CC[C@@H]3C)cc(P(C)(C)=O)c1)n2CC(F)(F)F. The van der Waals surface area contributed by atoms with Crippen molar-refractivity contribution < 1.29 is 31.9 Å². The fourth-order valence-electron chi connectivity index (χ4n) is 5.73. The molecule has 46 heavy (non-hydrogen) atoms. The number of benzene rings is 2. The number of alkyl halides is 3. The van der Waals surface area contributed by atoms with Gasteiger partial charge >= 0.3 is 6.18 Å². The van der Waals surface area contributed by atoms with Crippen LogP contribution in [-0.4, -0.2) is 88.7 Å². The maximum Gasteiger partial charge on any atom is 0.406 e. The standard InChI is InChI=1S/C35H47F3N3O4P/c1-26-11-14-40(3)24-28(26)12-15-43-16-17-44-18-19-45-31-20-29(21-32(23-31)46(4,5)42)39-13-7-9-30-22-33-27(2)8-6-10-34(33)41(30)25-35(36,37)38/h6,8,10,20-23,26,28,39H,11-19,24-25H2,1-5H3/t26-,28-/m0/s1. The maximum absolute atomic E-state index is 13.4. The molecule has 0 radical (unpaired) electrons. The molecule has 0 spiro atoms. The summed E-state index contributed by atoms with van der Waals surface area (Å²) in [6.07, 6.45) is -2.07. The molecule has 0 unspecified atom stereocenters. The van der Waals surface area contributed by atoms with Crippen LogP contribution in [0.15, 0.2) is 42.5 Å². The van der Waals surface area contributed by atoms with E-state index in [1.54, 1.807) is 49.7 Å². The summed E-state index contributed by atoms with van der Waals surface area (Å²) >= 11 is 0. The lowest BCUT2D eigenvalue weighted by molar-refractivity contribution is -0.140. The average molecular weight is 662 g/mol. The molecule has 1 aliphatic rings. The fraction of sp³-hybridized carbons (Fsp3) is 0.543. The zero-order valence-electron chi connectivity index (χ0n) is 27.6. The number of nitrogens with zero attached hydrogens (tertiary/aromatic N) is 2. The van der Waals surface area contributed by atoms with E-state index in [1.165, 1.54) is 17.5 Å². The number of rotatable bonds is 14. The van der Waals surface area contributed by atoms with Crippen LogP contribution in [0.3, 0.4) is 0 Å². The Bertz CT molecular complexity index is 1560. The van der Waals surface area contributed by atoms with Gasteiger partial charge in [0.25, 0.3) is 0 Å². The van der Waals surface area contributed by atoms with Crippen LogP contribution in [0.4, 0.5) is 18.9 Å². The van der Waals surface area contributed by atoms with Gasteiger partial charge in [0.1, 0.15) is 26.0 Å². The van der Waals surface area contributed by atoms with E-state index in [4.69, 9.17) is 14.2 Å². The second kappa shape index (κ2) is 16.2. The lowest BCUT2D eigenvalue weighted by Crippen LogP contribution is -2.37. The van der Waals surface area contributed by atoms with Crippen LogP contribution in [0.2, 0.25) is 0 Å². The highest BCUT2D eigenvalue weighted by molar-refractivity contribution is 7.70. The Kier molecular flexibility index (Phi) is 12.7. The Morgan fingerprint density at radius 3 is 2.52 bits per heavy atom. The number of aryl methyl sites for hydroxylation is 1. The highest BCUT2D eigenvalue weighted by atomic mass is 31.2. The van der Waals surface area contributed by atoms with Crippen molar-refractivity contribution in [2.24, 2.45) is 11.8 Å². The third kappa shape index (κ3) is 10.8. The number of halogens is 3. The average Bonchev–Trinajstić information content (AvgIpc) is 3.32. The zero-order valence-corrected chi connectivity index (χ0v) is 28.5. The second-order valence-electron chi connectivity index (χ2n) is 12.6. The van der Waals surface area contributed by atoms with Gasteiger partial charge in [0.05, 0.1) is 32.1 Å². The third-order valence-electron chi connectivity index (χ3n) is 8.43. The number of aromatic nitrogens is 1. The number of anilines is 1. The van der Waals surface area contributed by atoms with Crippen LogP contribution < -0.4 is 15.4 Å². The Balaban J connectivity index is 1.27. The molecule has 2 atom stereocenters. The number of fused-ring (bicyclic) bond motifs is 1. The van der Waals surface area contributed by atoms with Gasteiger partial charge in [0.2, 0.25) is 0 Å². The van der Waals surface area contributed by atoms with Crippen molar-refractivity contribution in [1.82, 2.24) is 9.47 Å². The minimum absolute atomic E-state index is 0.173. The Labute approximate surface area is 271 Å². The van der Waals surface area contributed by atoms with E-state index in [2.05, 4.69) is 36.0 Å². The van der Waals surface area contributed by atoms with Crippen LogP contribution in [-0.2, 0) is 20.6 Å². The van der Waals surface area contributed by atoms with Crippen LogP contribution >= 0.6 is 7.14 Å². The summed E-state index contributed by atoms with van der Waals surface area (Å²) in [5.74, 6) is 7.81. The van der Waals surface area contributed by atoms with Crippen LogP contribution in [0, 0.1) is 30.6 Å². The van der Waals surface area contributed by atoms with E-state index in [0.717, 1.165) is 36.4 Å². The quantitative estimate of drug-likeness (QED) is 0.119. The van der Waals surface area contributed by atoms with Crippen LogP contribution in [0.1, 0.15) is 31.0 Å². The summed E-state index contributed by atoms with van der Waals surface area (Å²) in [5, 5.41) is 4.57. The first-order chi connectivity index (χ1) is 21.8. The van der Waals surface area contributed by atoms with Crippen molar-refractivity contribution in [3.05, 3.63) is 53.7 Å². The van der Waals surface area contributed by atoms with E-state index >= 15 is 0 Å². The Hall–Kier alpha value is -2.96. The lowest BCUT2D eigenvalue weighted by atomic mass is 9.85. The minimum atomic E-state index is -4.38. The van der Waals surface area contributed by atoms with E-state index in [0.29, 0.717) is 60.3 Å². The summed E-state index contributed by atoms with van der Waals surface area (Å²) in [7, 11) is -0.424. The summed E-state index contributed by atoms with van der Waals surface area (Å²) in [6, 6.07) is 12.3. The molecule has 2 heterocycles. The molecule has 1 N–H and O–H groups in total. The summed E-state index contributed by atoms with van der Waals surface area (Å²) < 4.78 is 71.5. The molecule has 1 aliphatic heterocycles. The van der Waals surface area contributed by atoms with Crippen molar-refractivity contribution in [1.29, 1.82) is 0 Å². The van der Waals surface area contributed by atoms with Gasteiger partial charge in [-0.05, 0) is 94.3 Å². The van der Waals surface area contributed by atoms with Gasteiger partial charge in [-0.15, -0.1) is 0 Å². The van der Waals surface area contributed by atoms with E-state index in [9.17, 15) is 17.7 Å². The second-order valence-corrected chi connectivity index (χ2v) is 15.8. The molecule has 11 heteroatoms. The Morgan fingerprint density at radius 2 is 1.78 bits per heavy atom. The molecule has 1 saturated heterocycles. The van der Waals surface area contributed by atoms with Gasteiger partial charge in [0.15, 0.2) is 0 Å². The number of hydrogen-bond acceptors (Lipinski definition) is 6. The van der Waals surface area contributed by atoms with Gasteiger partial charge in [-0.2, -0.15) is 13.2 Å². The monoisotopic (exact) mass is 661 g/mol. The van der Waals surface area contributed by atoms with Gasteiger partial charge in [-0.25, -0.2) is 0 Å². The molecule has 0 bridgehead atoms. The van der Waals surface area contributed by atoms with Crippen molar-refractivity contribution in [2.75, 3.05) is 78.4 Å². The highest BCUT2D eigenvalue weighted by Gasteiger charge is 2.30. The first-order valence-corrected chi connectivity index (χ1v) is 18.5. The molecule has 1 aromatic heterocycles. The molecule has 0 saturated carbocycles. The normalized spacial score (nSPS) is 17.6. The predicted octanol–water partition coefficient (Wildman–Crippen LogP) is 6.61. The predicted molar refractivity (Wildman–Crippen MR) is 180 cm³/mol. The van der Waals surface area contributed by atoms with Gasteiger partial charge < -0.3 is 33.6 Å². The van der Waals surface area contributed by atoms with E-state index in [1.807, 2.05) is 13.0 Å². The lowest BCUT2D eigenvalue weighted by Gasteiger charge is -2.34. The highest BCUT2D eigenvalue weighted by Crippen LogP contribution is 2.37. The molecular weight excluding hydrogens is 614 g/mol. The van der Waals surface area contributed by atoms with E-state index < -0.39 is 19.9 Å². The number of hydrogen-bond donors (Lipinski definition) is 1. The molecular formula is C35H47F3N3O4P. The van der Waals surface area contributed by atoms with Crippen molar-refractivity contribution in [3.63, 3.8) is 0 Å². The molecule has 0 aliphatic carbocycles. The molecule has 3 aromatic rings. The van der Waals surface area contributed by atoms with Crippen molar-refractivity contribution in [3.8, 4) is 17.6 Å². The Morgan fingerprint density at radius 1 is 1.04 bits per heavy atom. The van der Waals surface area contributed by atoms with E-state index in [-0.39, 0.29) is 6.54 Å². The minimum Gasteiger partial charge on any atom is -0.491 e. The summed E-state index contributed by atoms with van der Waals surface area (Å²) in [6.45, 7) is 11.4. The maximum atomic E-state index is 13.4. The fourth-order valence-corrected chi connectivity index (χ4v) is 6.62. The summed E-state index contributed by atoms with van der Waals surface area (Å²) in [4.78, 5) is 2.39. The number of nitrogens with one attached hydrogen (secondary N) is 1.